The van der Waals surface area contributed by atoms with Crippen LogP contribution in [0.5, 0.6) is 0 Å². The Hall–Kier alpha value is -2.67. The first kappa shape index (κ1) is 16.2. The van der Waals surface area contributed by atoms with E-state index in [1.807, 2.05) is 6.92 Å². The Morgan fingerprint density at radius 1 is 1.12 bits per heavy atom. The number of nitrogens with one attached hydrogen (secondary N) is 1. The molecule has 1 heterocycles. The SMILES string of the molecule is Cc1ccc(S(=O)(=O)Nc2cnn(Cc3ccccc3F)c2)cc1. The largest absolute Gasteiger partial charge is 0.276 e. The maximum atomic E-state index is 13.7. The fraction of sp³-hybridized carbons (Fsp3) is 0.118. The molecule has 0 aliphatic carbocycles. The minimum Gasteiger partial charge on any atom is -0.276 e. The van der Waals surface area contributed by atoms with Gasteiger partial charge in [0.15, 0.2) is 0 Å². The van der Waals surface area contributed by atoms with Crippen molar-refractivity contribution < 1.29 is 12.8 Å². The number of hydrogen-bond donors (Lipinski definition) is 1. The van der Waals surface area contributed by atoms with Crippen LogP contribution in [0.1, 0.15) is 11.1 Å². The van der Waals surface area contributed by atoms with Crippen molar-refractivity contribution in [2.75, 3.05) is 4.72 Å². The highest BCUT2D eigenvalue weighted by atomic mass is 32.2. The van der Waals surface area contributed by atoms with Crippen LogP contribution in [0, 0.1) is 12.7 Å². The summed E-state index contributed by atoms with van der Waals surface area (Å²) in [5.41, 5.74) is 1.78. The van der Waals surface area contributed by atoms with E-state index in [-0.39, 0.29) is 17.3 Å². The molecule has 0 spiro atoms. The van der Waals surface area contributed by atoms with E-state index in [2.05, 4.69) is 9.82 Å². The molecule has 0 amide bonds. The lowest BCUT2D eigenvalue weighted by molar-refractivity contribution is 0.585. The lowest BCUT2D eigenvalue weighted by atomic mass is 10.2. The van der Waals surface area contributed by atoms with Gasteiger partial charge in [-0.15, -0.1) is 0 Å². The Kier molecular flexibility index (Phi) is 4.35. The van der Waals surface area contributed by atoms with Gasteiger partial charge in [0, 0.05) is 11.8 Å². The molecule has 0 atom stereocenters. The van der Waals surface area contributed by atoms with Crippen LogP contribution in [0.3, 0.4) is 0 Å². The number of sulfonamides is 1. The second-order valence-electron chi connectivity index (χ2n) is 5.44. The van der Waals surface area contributed by atoms with Crippen molar-refractivity contribution in [1.82, 2.24) is 9.78 Å². The second kappa shape index (κ2) is 6.45. The van der Waals surface area contributed by atoms with Crippen LogP contribution in [0.2, 0.25) is 0 Å². The molecular weight excluding hydrogens is 329 g/mol. The smallest absolute Gasteiger partial charge is 0.261 e. The summed E-state index contributed by atoms with van der Waals surface area (Å²) in [6, 6.07) is 12.9. The van der Waals surface area contributed by atoms with E-state index in [0.717, 1.165) is 5.56 Å². The molecule has 0 saturated carbocycles. The molecule has 0 unspecified atom stereocenters. The van der Waals surface area contributed by atoms with Crippen molar-refractivity contribution in [3.63, 3.8) is 0 Å². The first-order valence-corrected chi connectivity index (χ1v) is 8.78. The zero-order valence-electron chi connectivity index (χ0n) is 13.0. The first-order chi connectivity index (χ1) is 11.4. The fourth-order valence-corrected chi connectivity index (χ4v) is 3.26. The van der Waals surface area contributed by atoms with Crippen molar-refractivity contribution in [3.05, 3.63) is 77.9 Å². The molecule has 3 rings (SSSR count). The van der Waals surface area contributed by atoms with Crippen LogP contribution in [-0.4, -0.2) is 18.2 Å². The molecule has 24 heavy (non-hydrogen) atoms. The Bertz CT molecular complexity index is 950. The first-order valence-electron chi connectivity index (χ1n) is 7.29. The van der Waals surface area contributed by atoms with E-state index in [0.29, 0.717) is 11.3 Å². The lowest BCUT2D eigenvalue weighted by Gasteiger charge is -2.06. The summed E-state index contributed by atoms with van der Waals surface area (Å²) >= 11 is 0. The summed E-state index contributed by atoms with van der Waals surface area (Å²) in [6.07, 6.45) is 2.92. The van der Waals surface area contributed by atoms with Gasteiger partial charge in [-0.1, -0.05) is 35.9 Å². The van der Waals surface area contributed by atoms with Crippen LogP contribution in [0.4, 0.5) is 10.1 Å². The molecule has 124 valence electrons. The van der Waals surface area contributed by atoms with Crippen LogP contribution in [0.15, 0.2) is 65.8 Å². The van der Waals surface area contributed by atoms with E-state index in [1.165, 1.54) is 23.1 Å². The molecule has 1 aromatic heterocycles. The molecule has 0 saturated heterocycles. The topological polar surface area (TPSA) is 64.0 Å². The molecular formula is C17H16FN3O2S. The summed E-state index contributed by atoms with van der Waals surface area (Å²) in [6.45, 7) is 2.11. The van der Waals surface area contributed by atoms with Crippen LogP contribution in [-0.2, 0) is 16.6 Å². The van der Waals surface area contributed by atoms with Crippen LogP contribution >= 0.6 is 0 Å². The minimum absolute atomic E-state index is 0.176. The lowest BCUT2D eigenvalue weighted by Crippen LogP contribution is -2.12. The van der Waals surface area contributed by atoms with Crippen molar-refractivity contribution in [1.29, 1.82) is 0 Å². The fourth-order valence-electron chi connectivity index (χ4n) is 2.24. The third kappa shape index (κ3) is 3.62. The predicted molar refractivity (Wildman–Crippen MR) is 89.7 cm³/mol. The van der Waals surface area contributed by atoms with E-state index in [1.54, 1.807) is 42.5 Å². The number of nitrogens with zero attached hydrogens (tertiary/aromatic N) is 2. The summed E-state index contributed by atoms with van der Waals surface area (Å²) in [7, 11) is -3.68. The standard InChI is InChI=1S/C17H16FN3O2S/c1-13-6-8-16(9-7-13)24(22,23)20-15-10-19-21(12-15)11-14-4-2-3-5-17(14)18/h2-10,12,20H,11H2,1H3. The monoisotopic (exact) mass is 345 g/mol. The minimum atomic E-state index is -3.68. The Labute approximate surface area is 139 Å². The number of hydrogen-bond acceptors (Lipinski definition) is 3. The van der Waals surface area contributed by atoms with Gasteiger partial charge in [-0.3, -0.25) is 9.40 Å². The number of aryl methyl sites for hydroxylation is 1. The van der Waals surface area contributed by atoms with Gasteiger partial charge in [0.25, 0.3) is 10.0 Å². The zero-order valence-corrected chi connectivity index (χ0v) is 13.8. The van der Waals surface area contributed by atoms with Crippen molar-refractivity contribution >= 4 is 15.7 Å². The maximum Gasteiger partial charge on any atom is 0.261 e. The zero-order chi connectivity index (χ0) is 17.2. The number of aromatic nitrogens is 2. The summed E-state index contributed by atoms with van der Waals surface area (Å²) < 4.78 is 42.3. The summed E-state index contributed by atoms with van der Waals surface area (Å²) in [5, 5.41) is 4.07. The molecule has 7 heteroatoms. The van der Waals surface area contributed by atoms with Gasteiger partial charge in [0.1, 0.15) is 5.82 Å². The van der Waals surface area contributed by atoms with Gasteiger partial charge >= 0.3 is 0 Å². The number of anilines is 1. The average Bonchev–Trinajstić information content (AvgIpc) is 2.96. The van der Waals surface area contributed by atoms with Crippen LogP contribution in [0.25, 0.3) is 0 Å². The van der Waals surface area contributed by atoms with Gasteiger partial charge < -0.3 is 0 Å². The molecule has 0 aliphatic rings. The van der Waals surface area contributed by atoms with E-state index < -0.39 is 10.0 Å². The highest BCUT2D eigenvalue weighted by Gasteiger charge is 2.15. The predicted octanol–water partition coefficient (Wildman–Crippen LogP) is 3.18. The molecule has 2 aromatic carbocycles. The van der Waals surface area contributed by atoms with E-state index >= 15 is 0 Å². The second-order valence-corrected chi connectivity index (χ2v) is 7.12. The number of benzene rings is 2. The molecule has 0 radical (unpaired) electrons. The van der Waals surface area contributed by atoms with Crippen molar-refractivity contribution in [3.8, 4) is 0 Å². The van der Waals surface area contributed by atoms with Gasteiger partial charge in [-0.05, 0) is 25.1 Å². The molecule has 1 N–H and O–H groups in total. The summed E-state index contributed by atoms with van der Waals surface area (Å²) in [5.74, 6) is -0.324. The molecule has 5 nitrogen and oxygen atoms in total. The maximum absolute atomic E-state index is 13.7. The quantitative estimate of drug-likeness (QED) is 0.772. The third-order valence-electron chi connectivity index (χ3n) is 3.51. The molecule has 0 aliphatic heterocycles. The summed E-state index contributed by atoms with van der Waals surface area (Å²) in [4.78, 5) is 0.176. The van der Waals surface area contributed by atoms with Crippen molar-refractivity contribution in [2.45, 2.75) is 18.4 Å². The van der Waals surface area contributed by atoms with E-state index in [4.69, 9.17) is 0 Å². The number of rotatable bonds is 5. The third-order valence-corrected chi connectivity index (χ3v) is 4.90. The molecule has 3 aromatic rings. The highest BCUT2D eigenvalue weighted by Crippen LogP contribution is 2.17. The van der Waals surface area contributed by atoms with Crippen molar-refractivity contribution in [2.24, 2.45) is 0 Å². The Morgan fingerprint density at radius 3 is 2.54 bits per heavy atom. The van der Waals surface area contributed by atoms with Gasteiger partial charge in [0.05, 0.1) is 23.3 Å². The number of halogens is 1. The van der Waals surface area contributed by atoms with E-state index in [9.17, 15) is 12.8 Å². The van der Waals surface area contributed by atoms with Gasteiger partial charge in [0.2, 0.25) is 0 Å². The Morgan fingerprint density at radius 2 is 1.83 bits per heavy atom. The normalized spacial score (nSPS) is 11.4. The van der Waals surface area contributed by atoms with Crippen LogP contribution < -0.4 is 4.72 Å². The Balaban J connectivity index is 1.76. The van der Waals surface area contributed by atoms with Gasteiger partial charge in [-0.2, -0.15) is 5.10 Å². The molecule has 0 bridgehead atoms. The average molecular weight is 345 g/mol. The van der Waals surface area contributed by atoms with Gasteiger partial charge in [-0.25, -0.2) is 12.8 Å². The molecule has 0 fully saturated rings. The highest BCUT2D eigenvalue weighted by molar-refractivity contribution is 7.92.